The molecule has 1 aromatic carbocycles. The average molecular weight is 339 g/mol. The molecule has 1 aliphatic heterocycles. The van der Waals surface area contributed by atoms with Crippen molar-refractivity contribution in [2.75, 3.05) is 38.2 Å². The standard InChI is InChI=1S/C20H25N3O2/c1-3-17(16-8-5-4-6-9-16)20(24)23-14-12-22(13-15-23)19-18(25-2)10-7-11-21-19/h4-11,17H,3,12-15H2,1-2H3. The van der Waals surface area contributed by atoms with Crippen molar-refractivity contribution >= 4 is 11.7 Å². The molecule has 2 aromatic rings. The highest BCUT2D eigenvalue weighted by Gasteiger charge is 2.28. The molecule has 0 N–H and O–H groups in total. The van der Waals surface area contributed by atoms with Crippen LogP contribution in [-0.2, 0) is 4.79 Å². The van der Waals surface area contributed by atoms with Gasteiger partial charge < -0.3 is 14.5 Å². The maximum Gasteiger partial charge on any atom is 0.230 e. The quantitative estimate of drug-likeness (QED) is 0.840. The molecule has 0 aliphatic carbocycles. The predicted octanol–water partition coefficient (Wildman–Crippen LogP) is 2.93. The summed E-state index contributed by atoms with van der Waals surface area (Å²) in [7, 11) is 1.66. The molecular weight excluding hydrogens is 314 g/mol. The van der Waals surface area contributed by atoms with Gasteiger partial charge in [-0.25, -0.2) is 4.98 Å². The van der Waals surface area contributed by atoms with Crippen molar-refractivity contribution in [3.63, 3.8) is 0 Å². The molecule has 1 aliphatic rings. The van der Waals surface area contributed by atoms with Crippen molar-refractivity contribution in [2.24, 2.45) is 0 Å². The monoisotopic (exact) mass is 339 g/mol. The van der Waals surface area contributed by atoms with Crippen LogP contribution in [0.5, 0.6) is 5.75 Å². The van der Waals surface area contributed by atoms with E-state index in [9.17, 15) is 4.79 Å². The van der Waals surface area contributed by atoms with Crippen LogP contribution in [0.1, 0.15) is 24.8 Å². The summed E-state index contributed by atoms with van der Waals surface area (Å²) in [5.41, 5.74) is 1.10. The third-order valence-electron chi connectivity index (χ3n) is 4.77. The van der Waals surface area contributed by atoms with E-state index in [2.05, 4.69) is 16.8 Å². The Hall–Kier alpha value is -2.56. The van der Waals surface area contributed by atoms with E-state index >= 15 is 0 Å². The van der Waals surface area contributed by atoms with Crippen LogP contribution in [0.15, 0.2) is 48.7 Å². The van der Waals surface area contributed by atoms with Crippen LogP contribution in [-0.4, -0.2) is 49.1 Å². The number of anilines is 1. The summed E-state index contributed by atoms with van der Waals surface area (Å²) in [6.45, 7) is 5.03. The van der Waals surface area contributed by atoms with Crippen molar-refractivity contribution in [2.45, 2.75) is 19.3 Å². The smallest absolute Gasteiger partial charge is 0.230 e. The first-order chi connectivity index (χ1) is 12.2. The second kappa shape index (κ2) is 8.01. The summed E-state index contributed by atoms with van der Waals surface area (Å²) in [5, 5.41) is 0. The van der Waals surface area contributed by atoms with Crippen LogP contribution in [0.4, 0.5) is 5.82 Å². The number of rotatable bonds is 5. The molecule has 0 saturated carbocycles. The third-order valence-corrected chi connectivity index (χ3v) is 4.77. The van der Waals surface area contributed by atoms with Gasteiger partial charge in [0.1, 0.15) is 0 Å². The Morgan fingerprint density at radius 2 is 1.84 bits per heavy atom. The number of amides is 1. The zero-order valence-corrected chi connectivity index (χ0v) is 14.9. The lowest BCUT2D eigenvalue weighted by molar-refractivity contribution is -0.133. The summed E-state index contributed by atoms with van der Waals surface area (Å²) >= 11 is 0. The lowest BCUT2D eigenvalue weighted by Crippen LogP contribution is -2.50. The van der Waals surface area contributed by atoms with Gasteiger partial charge in [-0.3, -0.25) is 4.79 Å². The number of pyridine rings is 1. The second-order valence-electron chi connectivity index (χ2n) is 6.21. The molecule has 1 aromatic heterocycles. The predicted molar refractivity (Wildman–Crippen MR) is 99.1 cm³/mol. The van der Waals surface area contributed by atoms with Gasteiger partial charge in [-0.05, 0) is 24.1 Å². The van der Waals surface area contributed by atoms with E-state index in [1.807, 2.05) is 47.4 Å². The summed E-state index contributed by atoms with van der Waals surface area (Å²) in [6, 6.07) is 13.9. The van der Waals surface area contributed by atoms with Crippen molar-refractivity contribution in [1.82, 2.24) is 9.88 Å². The van der Waals surface area contributed by atoms with E-state index in [0.717, 1.165) is 36.6 Å². The Morgan fingerprint density at radius 3 is 2.48 bits per heavy atom. The van der Waals surface area contributed by atoms with Gasteiger partial charge >= 0.3 is 0 Å². The van der Waals surface area contributed by atoms with Gasteiger partial charge in [0.2, 0.25) is 5.91 Å². The van der Waals surface area contributed by atoms with Crippen LogP contribution in [0.25, 0.3) is 0 Å². The molecule has 2 heterocycles. The number of hydrogen-bond donors (Lipinski definition) is 0. The van der Waals surface area contributed by atoms with E-state index in [4.69, 9.17) is 4.74 Å². The minimum absolute atomic E-state index is 0.0582. The van der Waals surface area contributed by atoms with Gasteiger partial charge in [-0.1, -0.05) is 37.3 Å². The Morgan fingerprint density at radius 1 is 1.12 bits per heavy atom. The molecule has 132 valence electrons. The highest BCUT2D eigenvalue weighted by Crippen LogP contribution is 2.27. The van der Waals surface area contributed by atoms with E-state index in [1.54, 1.807) is 13.3 Å². The van der Waals surface area contributed by atoms with Crippen LogP contribution < -0.4 is 9.64 Å². The number of ether oxygens (including phenoxy) is 1. The zero-order valence-electron chi connectivity index (χ0n) is 14.9. The number of piperazine rings is 1. The van der Waals surface area contributed by atoms with Crippen molar-refractivity contribution in [3.05, 3.63) is 54.2 Å². The van der Waals surface area contributed by atoms with Gasteiger partial charge in [0.25, 0.3) is 0 Å². The normalized spacial score (nSPS) is 15.8. The van der Waals surface area contributed by atoms with Gasteiger partial charge in [0.05, 0.1) is 13.0 Å². The fraction of sp³-hybridized carbons (Fsp3) is 0.400. The first-order valence-electron chi connectivity index (χ1n) is 8.82. The molecule has 1 atom stereocenters. The maximum absolute atomic E-state index is 13.0. The fourth-order valence-corrected chi connectivity index (χ4v) is 3.38. The van der Waals surface area contributed by atoms with Crippen molar-refractivity contribution in [3.8, 4) is 5.75 Å². The molecule has 3 rings (SSSR count). The molecule has 1 unspecified atom stereocenters. The van der Waals surface area contributed by atoms with Crippen LogP contribution in [0.3, 0.4) is 0 Å². The number of aromatic nitrogens is 1. The molecule has 0 radical (unpaired) electrons. The van der Waals surface area contributed by atoms with E-state index < -0.39 is 0 Å². The van der Waals surface area contributed by atoms with Crippen molar-refractivity contribution in [1.29, 1.82) is 0 Å². The summed E-state index contributed by atoms with van der Waals surface area (Å²) in [5.74, 6) is 1.80. The molecular formula is C20H25N3O2. The summed E-state index contributed by atoms with van der Waals surface area (Å²) < 4.78 is 5.40. The number of carbonyl (C=O) groups excluding carboxylic acids is 1. The first kappa shape index (κ1) is 17.3. The molecule has 0 spiro atoms. The Kier molecular flexibility index (Phi) is 5.53. The molecule has 1 saturated heterocycles. The number of methoxy groups -OCH3 is 1. The van der Waals surface area contributed by atoms with Gasteiger partial charge in [0, 0.05) is 32.4 Å². The van der Waals surface area contributed by atoms with E-state index in [-0.39, 0.29) is 11.8 Å². The Bertz CT molecular complexity index is 697. The lowest BCUT2D eigenvalue weighted by atomic mass is 9.95. The lowest BCUT2D eigenvalue weighted by Gasteiger charge is -2.37. The average Bonchev–Trinajstić information content (AvgIpc) is 2.69. The Labute approximate surface area is 149 Å². The van der Waals surface area contributed by atoms with Crippen LogP contribution >= 0.6 is 0 Å². The largest absolute Gasteiger partial charge is 0.493 e. The Balaban J connectivity index is 1.66. The molecule has 0 bridgehead atoms. The zero-order chi connectivity index (χ0) is 17.6. The second-order valence-corrected chi connectivity index (χ2v) is 6.21. The minimum atomic E-state index is -0.0582. The summed E-state index contributed by atoms with van der Waals surface area (Å²) in [4.78, 5) is 21.6. The van der Waals surface area contributed by atoms with Crippen LogP contribution in [0.2, 0.25) is 0 Å². The maximum atomic E-state index is 13.0. The SMILES string of the molecule is CCC(C(=O)N1CCN(c2ncccc2OC)CC1)c1ccccc1. The van der Waals surface area contributed by atoms with Gasteiger partial charge in [0.15, 0.2) is 11.6 Å². The molecule has 5 nitrogen and oxygen atoms in total. The van der Waals surface area contributed by atoms with Crippen molar-refractivity contribution < 1.29 is 9.53 Å². The number of hydrogen-bond acceptors (Lipinski definition) is 4. The number of benzene rings is 1. The summed E-state index contributed by atoms with van der Waals surface area (Å²) in [6.07, 6.45) is 2.59. The van der Waals surface area contributed by atoms with E-state index in [1.165, 1.54) is 0 Å². The van der Waals surface area contributed by atoms with Crippen LogP contribution in [0, 0.1) is 0 Å². The molecule has 5 heteroatoms. The highest BCUT2D eigenvalue weighted by atomic mass is 16.5. The minimum Gasteiger partial charge on any atom is -0.493 e. The third kappa shape index (κ3) is 3.76. The van der Waals surface area contributed by atoms with Gasteiger partial charge in [-0.2, -0.15) is 0 Å². The molecule has 1 fully saturated rings. The molecule has 1 amide bonds. The number of carbonyl (C=O) groups is 1. The van der Waals surface area contributed by atoms with E-state index in [0.29, 0.717) is 13.1 Å². The van der Waals surface area contributed by atoms with Gasteiger partial charge in [-0.15, -0.1) is 0 Å². The fourth-order valence-electron chi connectivity index (χ4n) is 3.38. The molecule has 25 heavy (non-hydrogen) atoms. The topological polar surface area (TPSA) is 45.7 Å². The highest BCUT2D eigenvalue weighted by molar-refractivity contribution is 5.84. The first-order valence-corrected chi connectivity index (χ1v) is 8.82. The number of nitrogens with zero attached hydrogens (tertiary/aromatic N) is 3.